The highest BCUT2D eigenvalue weighted by atomic mass is 127. The first-order chi connectivity index (χ1) is 11.4. The standard InChI is InChI=1S/C18H25ClN4S.HI/c1-18(2,3)15-12-24-16(23-15)11-22-17(20-4)21-10-9-13-5-7-14(19)8-6-13;/h5-8,12H,9-11H2,1-4H3,(H2,20,21,22);1H. The van der Waals surface area contributed by atoms with Crippen molar-refractivity contribution in [2.75, 3.05) is 13.6 Å². The van der Waals surface area contributed by atoms with Crippen LogP contribution in [0.15, 0.2) is 34.6 Å². The quantitative estimate of drug-likeness (QED) is 0.364. The van der Waals surface area contributed by atoms with Gasteiger partial charge in [0.25, 0.3) is 0 Å². The summed E-state index contributed by atoms with van der Waals surface area (Å²) in [5, 5.41) is 10.6. The molecular formula is C18H26ClIN4S. The fourth-order valence-corrected chi connectivity index (χ4v) is 3.18. The molecule has 138 valence electrons. The zero-order valence-electron chi connectivity index (χ0n) is 15.1. The largest absolute Gasteiger partial charge is 0.356 e. The van der Waals surface area contributed by atoms with E-state index in [-0.39, 0.29) is 29.4 Å². The number of hydrogen-bond acceptors (Lipinski definition) is 3. The van der Waals surface area contributed by atoms with Crippen LogP contribution in [-0.4, -0.2) is 24.5 Å². The Balaban J connectivity index is 0.00000312. The highest BCUT2D eigenvalue weighted by Crippen LogP contribution is 2.23. The van der Waals surface area contributed by atoms with Gasteiger partial charge < -0.3 is 10.6 Å². The maximum Gasteiger partial charge on any atom is 0.191 e. The summed E-state index contributed by atoms with van der Waals surface area (Å²) in [6.07, 6.45) is 0.920. The van der Waals surface area contributed by atoms with Crippen molar-refractivity contribution in [3.63, 3.8) is 0 Å². The molecule has 0 atom stereocenters. The lowest BCUT2D eigenvalue weighted by molar-refractivity contribution is 0.570. The van der Waals surface area contributed by atoms with Gasteiger partial charge in [-0.05, 0) is 24.1 Å². The molecule has 1 aromatic heterocycles. The van der Waals surface area contributed by atoms with Crippen LogP contribution in [-0.2, 0) is 18.4 Å². The van der Waals surface area contributed by atoms with Crippen LogP contribution in [0.5, 0.6) is 0 Å². The van der Waals surface area contributed by atoms with Crippen molar-refractivity contribution in [3.8, 4) is 0 Å². The highest BCUT2D eigenvalue weighted by molar-refractivity contribution is 14.0. The van der Waals surface area contributed by atoms with E-state index in [0.717, 1.165) is 34.6 Å². The number of aromatic nitrogens is 1. The smallest absolute Gasteiger partial charge is 0.191 e. The van der Waals surface area contributed by atoms with E-state index in [1.165, 1.54) is 5.56 Å². The lowest BCUT2D eigenvalue weighted by Gasteiger charge is -2.14. The average molecular weight is 493 g/mol. The first-order valence-electron chi connectivity index (χ1n) is 8.02. The molecule has 4 nitrogen and oxygen atoms in total. The maximum atomic E-state index is 5.90. The van der Waals surface area contributed by atoms with E-state index in [1.807, 2.05) is 24.3 Å². The van der Waals surface area contributed by atoms with Gasteiger partial charge in [0.15, 0.2) is 5.96 Å². The summed E-state index contributed by atoms with van der Waals surface area (Å²) >= 11 is 7.58. The fourth-order valence-electron chi connectivity index (χ4n) is 2.09. The molecule has 25 heavy (non-hydrogen) atoms. The normalized spacial score (nSPS) is 11.8. The van der Waals surface area contributed by atoms with Gasteiger partial charge in [0.2, 0.25) is 0 Å². The van der Waals surface area contributed by atoms with Crippen molar-refractivity contribution in [2.45, 2.75) is 39.2 Å². The third-order valence-electron chi connectivity index (χ3n) is 3.57. The zero-order chi connectivity index (χ0) is 17.6. The molecule has 0 unspecified atom stereocenters. The number of nitrogens with one attached hydrogen (secondary N) is 2. The number of hydrogen-bond donors (Lipinski definition) is 2. The molecule has 1 heterocycles. The summed E-state index contributed by atoms with van der Waals surface area (Å²) in [6.45, 7) is 8.03. The molecule has 0 radical (unpaired) electrons. The monoisotopic (exact) mass is 492 g/mol. The predicted octanol–water partition coefficient (Wildman–Crippen LogP) is 4.62. The Morgan fingerprint density at radius 3 is 2.44 bits per heavy atom. The molecule has 0 aliphatic heterocycles. The van der Waals surface area contributed by atoms with E-state index in [2.05, 4.69) is 46.8 Å². The Labute approximate surface area is 176 Å². The Bertz CT molecular complexity index is 677. The molecule has 2 N–H and O–H groups in total. The summed E-state index contributed by atoms with van der Waals surface area (Å²) in [7, 11) is 1.78. The molecule has 0 spiro atoms. The highest BCUT2D eigenvalue weighted by Gasteiger charge is 2.17. The van der Waals surface area contributed by atoms with Crippen molar-refractivity contribution in [2.24, 2.45) is 4.99 Å². The molecule has 0 aliphatic rings. The predicted molar refractivity (Wildman–Crippen MR) is 120 cm³/mol. The van der Waals surface area contributed by atoms with E-state index in [0.29, 0.717) is 6.54 Å². The number of aliphatic imine (C=N–C) groups is 1. The second-order valence-corrected chi connectivity index (χ2v) is 7.98. The molecule has 2 aromatic rings. The van der Waals surface area contributed by atoms with Crippen LogP contribution in [0.2, 0.25) is 5.02 Å². The summed E-state index contributed by atoms with van der Waals surface area (Å²) in [4.78, 5) is 8.94. The lowest BCUT2D eigenvalue weighted by atomic mass is 9.93. The minimum Gasteiger partial charge on any atom is -0.356 e. The number of thiazole rings is 1. The van der Waals surface area contributed by atoms with E-state index in [1.54, 1.807) is 18.4 Å². The first kappa shape index (κ1) is 22.2. The Morgan fingerprint density at radius 2 is 1.88 bits per heavy atom. The van der Waals surface area contributed by atoms with Crippen molar-refractivity contribution >= 4 is 52.9 Å². The number of benzene rings is 1. The Kier molecular flexibility index (Phi) is 9.16. The van der Waals surface area contributed by atoms with E-state index < -0.39 is 0 Å². The number of guanidine groups is 1. The van der Waals surface area contributed by atoms with Crippen molar-refractivity contribution in [1.82, 2.24) is 15.6 Å². The third kappa shape index (κ3) is 7.50. The van der Waals surface area contributed by atoms with Crippen LogP contribution in [0, 0.1) is 0 Å². The number of halogens is 2. The van der Waals surface area contributed by atoms with Gasteiger partial charge in [-0.15, -0.1) is 35.3 Å². The zero-order valence-corrected chi connectivity index (χ0v) is 19.0. The fraction of sp³-hybridized carbons (Fsp3) is 0.444. The topological polar surface area (TPSA) is 49.3 Å². The van der Waals surface area contributed by atoms with Gasteiger partial charge in [-0.1, -0.05) is 44.5 Å². The van der Waals surface area contributed by atoms with Crippen LogP contribution in [0.4, 0.5) is 0 Å². The number of rotatable bonds is 5. The third-order valence-corrected chi connectivity index (χ3v) is 4.67. The molecule has 0 fully saturated rings. The minimum absolute atomic E-state index is 0. The molecule has 0 aliphatic carbocycles. The number of nitrogens with zero attached hydrogens (tertiary/aromatic N) is 2. The van der Waals surface area contributed by atoms with Gasteiger partial charge in [-0.25, -0.2) is 4.98 Å². The molecule has 0 saturated carbocycles. The lowest BCUT2D eigenvalue weighted by Crippen LogP contribution is -2.37. The van der Waals surface area contributed by atoms with Crippen LogP contribution in [0.3, 0.4) is 0 Å². The van der Waals surface area contributed by atoms with Crippen LogP contribution in [0.25, 0.3) is 0 Å². The van der Waals surface area contributed by atoms with Gasteiger partial charge in [0.05, 0.1) is 12.2 Å². The van der Waals surface area contributed by atoms with Gasteiger partial charge in [-0.3, -0.25) is 4.99 Å². The van der Waals surface area contributed by atoms with Crippen LogP contribution in [0.1, 0.15) is 37.0 Å². The molecule has 0 bridgehead atoms. The van der Waals surface area contributed by atoms with E-state index in [9.17, 15) is 0 Å². The average Bonchev–Trinajstić information content (AvgIpc) is 3.01. The first-order valence-corrected chi connectivity index (χ1v) is 9.28. The molecular weight excluding hydrogens is 467 g/mol. The minimum atomic E-state index is 0. The molecule has 0 saturated heterocycles. The Hall–Kier alpha value is -0.860. The summed E-state index contributed by atoms with van der Waals surface area (Å²) in [6, 6.07) is 7.92. The second-order valence-electron chi connectivity index (χ2n) is 6.61. The van der Waals surface area contributed by atoms with Gasteiger partial charge in [0, 0.05) is 29.4 Å². The van der Waals surface area contributed by atoms with Crippen molar-refractivity contribution in [1.29, 1.82) is 0 Å². The molecule has 1 aromatic carbocycles. The molecule has 2 rings (SSSR count). The van der Waals surface area contributed by atoms with Crippen molar-refractivity contribution < 1.29 is 0 Å². The van der Waals surface area contributed by atoms with Gasteiger partial charge in [-0.2, -0.15) is 0 Å². The van der Waals surface area contributed by atoms with Crippen molar-refractivity contribution in [3.05, 3.63) is 50.9 Å². The maximum absolute atomic E-state index is 5.90. The summed E-state index contributed by atoms with van der Waals surface area (Å²) < 4.78 is 0. The van der Waals surface area contributed by atoms with E-state index >= 15 is 0 Å². The molecule has 7 heteroatoms. The summed E-state index contributed by atoms with van der Waals surface area (Å²) in [5.41, 5.74) is 2.47. The SMILES string of the molecule is CN=C(NCCc1ccc(Cl)cc1)NCc1nc(C(C)(C)C)cs1.I. The van der Waals surface area contributed by atoms with Gasteiger partial charge in [0.1, 0.15) is 5.01 Å². The van der Waals surface area contributed by atoms with Crippen LogP contribution < -0.4 is 10.6 Å². The molecule has 0 amide bonds. The van der Waals surface area contributed by atoms with Crippen LogP contribution >= 0.6 is 46.9 Å². The second kappa shape index (κ2) is 10.3. The van der Waals surface area contributed by atoms with Gasteiger partial charge >= 0.3 is 0 Å². The summed E-state index contributed by atoms with van der Waals surface area (Å²) in [5.74, 6) is 0.788. The van der Waals surface area contributed by atoms with E-state index in [4.69, 9.17) is 11.6 Å². The Morgan fingerprint density at radius 1 is 1.20 bits per heavy atom.